The number of fused-ring (bicyclic) bond motifs is 3. The summed E-state index contributed by atoms with van der Waals surface area (Å²) >= 11 is 1.74. The standard InChI is InChI=1S/C26H29.C2H6Si.2ClH.Zr/c1-25(2,3)20-11-12-21-18(14-20)13-19-15-24(26(4,5)6)23(16-22(19)21)17-9-7-8-10-17;1-3-2;;;/h7-12,14,16-17H,13H2,1-6H3;1-2H3;2*1H;/q-1;;;;+2/p-2. The van der Waals surface area contributed by atoms with Gasteiger partial charge in [0.1, 0.15) is 0 Å². The quantitative estimate of drug-likeness (QED) is 0.313. The Balaban J connectivity index is 0.000000790. The van der Waals surface area contributed by atoms with E-state index in [9.17, 15) is 0 Å². The molecule has 2 aromatic rings. The number of hydrogen-bond acceptors (Lipinski definition) is 0. The van der Waals surface area contributed by atoms with Crippen LogP contribution in [0.15, 0.2) is 48.6 Å². The average molecular weight is 562 g/mol. The van der Waals surface area contributed by atoms with Gasteiger partial charge in [-0.15, -0.1) is 16.7 Å². The summed E-state index contributed by atoms with van der Waals surface area (Å²) in [5.41, 5.74) is 10.3. The topological polar surface area (TPSA) is 0 Å². The van der Waals surface area contributed by atoms with Crippen molar-refractivity contribution in [3.05, 3.63) is 82.5 Å². The molecule has 2 aliphatic carbocycles. The summed E-state index contributed by atoms with van der Waals surface area (Å²) in [6, 6.07) is 13.3. The number of hydrogen-bond donors (Lipinski definition) is 0. The third kappa shape index (κ3) is 6.82. The molecule has 32 heavy (non-hydrogen) atoms. The van der Waals surface area contributed by atoms with Gasteiger partial charge < -0.3 is 24.8 Å². The number of benzene rings is 2. The summed E-state index contributed by atoms with van der Waals surface area (Å²) in [5.74, 6) is 0.378. The molecule has 0 saturated heterocycles. The maximum Gasteiger partial charge on any atom is -1.00 e. The zero-order valence-electron chi connectivity index (χ0n) is 20.7. The number of rotatable bonds is 1. The van der Waals surface area contributed by atoms with Gasteiger partial charge in [0, 0.05) is 0 Å². The van der Waals surface area contributed by atoms with E-state index in [1.165, 1.54) is 38.9 Å². The Kier molecular flexibility index (Phi) is 10.5. The monoisotopic (exact) mass is 559 g/mol. The minimum absolute atomic E-state index is 0. The molecule has 0 nitrogen and oxygen atoms in total. The Bertz CT molecular complexity index is 1020. The van der Waals surface area contributed by atoms with Crippen LogP contribution in [0.1, 0.15) is 75.3 Å². The van der Waals surface area contributed by atoms with Crippen LogP contribution in [0.5, 0.6) is 0 Å². The third-order valence-corrected chi connectivity index (χ3v) is 5.68. The molecule has 0 radical (unpaired) electrons. The summed E-state index contributed by atoms with van der Waals surface area (Å²) in [7, 11) is 0. The minimum Gasteiger partial charge on any atom is -1.00 e. The van der Waals surface area contributed by atoms with Gasteiger partial charge in [0.15, 0.2) is 0 Å². The van der Waals surface area contributed by atoms with Crippen molar-refractivity contribution in [3.8, 4) is 11.1 Å². The van der Waals surface area contributed by atoms with E-state index in [4.69, 9.17) is 0 Å². The van der Waals surface area contributed by atoms with Crippen LogP contribution in [0, 0.1) is 6.07 Å². The molecule has 0 N–H and O–H groups in total. The molecule has 0 aliphatic heterocycles. The van der Waals surface area contributed by atoms with Crippen molar-refractivity contribution >= 4 is 5.43 Å². The van der Waals surface area contributed by atoms with E-state index in [1.807, 2.05) is 0 Å². The fraction of sp³-hybridized carbons (Fsp3) is 0.429. The van der Waals surface area contributed by atoms with Gasteiger partial charge in [-0.3, -0.25) is 0 Å². The first-order chi connectivity index (χ1) is 13.9. The molecule has 0 fully saturated rings. The van der Waals surface area contributed by atoms with Gasteiger partial charge in [0.05, 0.1) is 0 Å². The van der Waals surface area contributed by atoms with Crippen molar-refractivity contribution in [1.82, 2.24) is 0 Å². The summed E-state index contributed by atoms with van der Waals surface area (Å²) < 4.78 is 0. The van der Waals surface area contributed by atoms with Crippen LogP contribution >= 0.6 is 0 Å². The van der Waals surface area contributed by atoms with E-state index in [-0.39, 0.29) is 41.1 Å². The average Bonchev–Trinajstić information content (AvgIpc) is 3.25. The molecule has 0 atom stereocenters. The van der Waals surface area contributed by atoms with Crippen LogP contribution in [0.25, 0.3) is 11.1 Å². The minimum atomic E-state index is 0. The predicted molar refractivity (Wildman–Crippen MR) is 129 cm³/mol. The molecule has 170 valence electrons. The molecule has 0 bridgehead atoms. The van der Waals surface area contributed by atoms with Crippen LogP contribution in [-0.2, 0) is 40.6 Å². The molecule has 2 aromatic carbocycles. The summed E-state index contributed by atoms with van der Waals surface area (Å²) in [6.07, 6.45) is 9.92. The van der Waals surface area contributed by atoms with Gasteiger partial charge >= 0.3 is 41.9 Å². The maximum atomic E-state index is 3.85. The molecule has 2 aliphatic rings. The smallest absolute Gasteiger partial charge is 1.00 e. The van der Waals surface area contributed by atoms with E-state index in [2.05, 4.69) is 109 Å². The summed E-state index contributed by atoms with van der Waals surface area (Å²) in [6.45, 7) is 18.4. The first-order valence-electron chi connectivity index (χ1n) is 11.0. The molecule has 0 amide bonds. The third-order valence-electron chi connectivity index (χ3n) is 5.68. The molecule has 4 rings (SSSR count). The number of allylic oxidation sites excluding steroid dienone is 4. The van der Waals surface area contributed by atoms with Crippen molar-refractivity contribution in [2.75, 3.05) is 0 Å². The zero-order chi connectivity index (χ0) is 22.3. The molecule has 0 unspecified atom stereocenters. The van der Waals surface area contributed by atoms with Crippen molar-refractivity contribution in [2.24, 2.45) is 0 Å². The molecular weight excluding hydrogens is 527 g/mol. The van der Waals surface area contributed by atoms with E-state index < -0.39 is 0 Å². The van der Waals surface area contributed by atoms with Crippen LogP contribution < -0.4 is 24.8 Å². The normalized spacial score (nSPS) is 14.1. The Labute approximate surface area is 223 Å². The van der Waals surface area contributed by atoms with E-state index in [0.717, 1.165) is 6.42 Å². The van der Waals surface area contributed by atoms with Crippen molar-refractivity contribution in [3.63, 3.8) is 0 Å². The first kappa shape index (κ1) is 29.6. The fourth-order valence-electron chi connectivity index (χ4n) is 4.17. The van der Waals surface area contributed by atoms with E-state index >= 15 is 0 Å². The van der Waals surface area contributed by atoms with Gasteiger partial charge in [-0.2, -0.15) is 17.7 Å². The van der Waals surface area contributed by atoms with Crippen LogP contribution in [0.4, 0.5) is 0 Å². The maximum absolute atomic E-state index is 3.85. The Hall–Kier alpha value is -0.400. The molecular formula is C28H35Cl2SiZr-. The summed E-state index contributed by atoms with van der Waals surface area (Å²) in [4.78, 5) is 0. The first-order valence-corrected chi connectivity index (χ1v) is 17.2. The van der Waals surface area contributed by atoms with Gasteiger partial charge in [-0.05, 0) is 34.3 Å². The molecule has 0 aromatic heterocycles. The molecule has 4 heteroatoms. The van der Waals surface area contributed by atoms with Crippen LogP contribution in [0.2, 0.25) is 13.1 Å². The second-order valence-corrected chi connectivity index (χ2v) is 20.2. The van der Waals surface area contributed by atoms with Gasteiger partial charge in [-0.25, -0.2) is 0 Å². The number of halogens is 2. The Morgan fingerprint density at radius 3 is 1.94 bits per heavy atom. The largest absolute Gasteiger partial charge is 1.00 e. The Morgan fingerprint density at radius 1 is 0.875 bits per heavy atom. The van der Waals surface area contributed by atoms with Crippen LogP contribution in [-0.4, -0.2) is 5.43 Å². The fourth-order valence-corrected chi connectivity index (χ4v) is 4.17. The molecule has 0 heterocycles. The predicted octanol–water partition coefficient (Wildman–Crippen LogP) is 1.65. The van der Waals surface area contributed by atoms with Gasteiger partial charge in [0.2, 0.25) is 0 Å². The second-order valence-electron chi connectivity index (χ2n) is 10.8. The van der Waals surface area contributed by atoms with Crippen LogP contribution in [0.3, 0.4) is 0 Å². The summed E-state index contributed by atoms with van der Waals surface area (Å²) in [5, 5.41) is 0. The second kappa shape index (κ2) is 11.4. The van der Waals surface area contributed by atoms with E-state index in [1.54, 1.807) is 23.3 Å². The van der Waals surface area contributed by atoms with Gasteiger partial charge in [0.25, 0.3) is 0 Å². The van der Waals surface area contributed by atoms with E-state index in [0.29, 0.717) is 5.92 Å². The van der Waals surface area contributed by atoms with Crippen molar-refractivity contribution < 1.29 is 48.1 Å². The molecule has 0 spiro atoms. The molecule has 0 saturated carbocycles. The SMILES string of the molecule is CC(C)(C)c1ccc2c(c1)Cc1[c-]c(C(C)(C)C)c(C3C=CC=C3)cc1-2.C[Si](C)=[Zr+2].[Cl-].[Cl-]. The Morgan fingerprint density at radius 2 is 1.44 bits per heavy atom. The zero-order valence-corrected chi connectivity index (χ0v) is 25.6. The van der Waals surface area contributed by atoms with Crippen molar-refractivity contribution in [2.45, 2.75) is 77.8 Å². The van der Waals surface area contributed by atoms with Crippen molar-refractivity contribution in [1.29, 1.82) is 0 Å². The van der Waals surface area contributed by atoms with Gasteiger partial charge in [-0.1, -0.05) is 89.6 Å².